The first-order valence-corrected chi connectivity index (χ1v) is 13.0. The van der Waals surface area contributed by atoms with Crippen molar-refractivity contribution in [3.63, 3.8) is 0 Å². The first-order chi connectivity index (χ1) is 19.7. The summed E-state index contributed by atoms with van der Waals surface area (Å²) in [4.78, 5) is 12.4. The van der Waals surface area contributed by atoms with Crippen molar-refractivity contribution in [1.82, 2.24) is 0 Å². The highest BCUT2D eigenvalue weighted by Gasteiger charge is 2.31. The van der Waals surface area contributed by atoms with Crippen LogP contribution in [-0.4, -0.2) is 25.5 Å². The summed E-state index contributed by atoms with van der Waals surface area (Å²) in [5.74, 6) is 0.0509. The summed E-state index contributed by atoms with van der Waals surface area (Å²) in [6.07, 6.45) is -1.16. The van der Waals surface area contributed by atoms with Crippen LogP contribution in [0.1, 0.15) is 36.0 Å². The molecular formula is C32H28F4O5. The molecule has 0 atom stereocenters. The van der Waals surface area contributed by atoms with Crippen molar-refractivity contribution in [2.75, 3.05) is 13.2 Å². The molecule has 0 aliphatic rings. The van der Waals surface area contributed by atoms with Crippen LogP contribution in [0.25, 0.3) is 11.1 Å². The highest BCUT2D eigenvalue weighted by atomic mass is 19.4. The van der Waals surface area contributed by atoms with Crippen LogP contribution in [0.3, 0.4) is 0 Å². The van der Waals surface area contributed by atoms with Crippen molar-refractivity contribution in [2.24, 2.45) is 0 Å². The van der Waals surface area contributed by atoms with Crippen LogP contribution in [0, 0.1) is 5.82 Å². The lowest BCUT2D eigenvalue weighted by Gasteiger charge is -2.10. The second kappa shape index (κ2) is 14.2. The number of hydrogen-bond donors (Lipinski definition) is 0. The Balaban J connectivity index is 1.11. The van der Waals surface area contributed by atoms with Gasteiger partial charge in [-0.2, -0.15) is 0 Å². The number of hydrogen-bond acceptors (Lipinski definition) is 5. The Morgan fingerprint density at radius 3 is 1.76 bits per heavy atom. The highest BCUT2D eigenvalue weighted by molar-refractivity contribution is 5.91. The molecule has 0 unspecified atom stereocenters. The summed E-state index contributed by atoms with van der Waals surface area (Å²) in [6.45, 7) is 1.07. The summed E-state index contributed by atoms with van der Waals surface area (Å²) in [6, 6.07) is 25.1. The SMILES string of the molecule is O=C(Oc1ccc(OC(F)(F)F)cc1)c1cccc(OCCCCCCOc2ccc(-c3ccc(F)cc3)cc2)c1. The van der Waals surface area contributed by atoms with Crippen LogP contribution in [0.2, 0.25) is 0 Å². The third-order valence-electron chi connectivity index (χ3n) is 5.95. The fourth-order valence-corrected chi connectivity index (χ4v) is 3.91. The van der Waals surface area contributed by atoms with Crippen molar-refractivity contribution in [1.29, 1.82) is 0 Å². The van der Waals surface area contributed by atoms with Crippen LogP contribution in [-0.2, 0) is 0 Å². The van der Waals surface area contributed by atoms with Gasteiger partial charge >= 0.3 is 12.3 Å². The molecule has 0 spiro atoms. The van der Waals surface area contributed by atoms with E-state index < -0.39 is 18.1 Å². The van der Waals surface area contributed by atoms with Gasteiger partial charge in [-0.25, -0.2) is 9.18 Å². The number of ether oxygens (including phenoxy) is 4. The molecule has 0 aliphatic heterocycles. The zero-order valence-electron chi connectivity index (χ0n) is 22.0. The van der Waals surface area contributed by atoms with E-state index >= 15 is 0 Å². The molecule has 214 valence electrons. The van der Waals surface area contributed by atoms with Gasteiger partial charge in [-0.15, -0.1) is 13.2 Å². The molecule has 0 bridgehead atoms. The predicted octanol–water partition coefficient (Wildman–Crippen LogP) is 8.63. The normalized spacial score (nSPS) is 11.1. The fraction of sp³-hybridized carbons (Fsp3) is 0.219. The number of unbranched alkanes of at least 4 members (excludes halogenated alkanes) is 3. The minimum Gasteiger partial charge on any atom is -0.494 e. The van der Waals surface area contributed by atoms with Gasteiger partial charge in [0.1, 0.15) is 28.8 Å². The van der Waals surface area contributed by atoms with Gasteiger partial charge in [-0.1, -0.05) is 30.3 Å². The van der Waals surface area contributed by atoms with Crippen molar-refractivity contribution < 1.29 is 41.3 Å². The molecule has 0 amide bonds. The second-order valence-electron chi connectivity index (χ2n) is 9.08. The third-order valence-corrected chi connectivity index (χ3v) is 5.95. The first kappa shape index (κ1) is 29.5. The maximum absolute atomic E-state index is 13.1. The van der Waals surface area contributed by atoms with Crippen molar-refractivity contribution in [3.05, 3.63) is 108 Å². The average Bonchev–Trinajstić information content (AvgIpc) is 2.96. The van der Waals surface area contributed by atoms with Crippen LogP contribution >= 0.6 is 0 Å². The first-order valence-electron chi connectivity index (χ1n) is 13.0. The minimum atomic E-state index is -4.80. The Hall–Kier alpha value is -4.53. The van der Waals surface area contributed by atoms with E-state index in [-0.39, 0.29) is 17.1 Å². The molecule has 0 fully saturated rings. The molecule has 0 radical (unpaired) electrons. The van der Waals surface area contributed by atoms with Crippen LogP contribution < -0.4 is 18.9 Å². The summed E-state index contributed by atoms with van der Waals surface area (Å²) in [7, 11) is 0. The second-order valence-corrected chi connectivity index (χ2v) is 9.08. The maximum Gasteiger partial charge on any atom is 0.573 e. The quantitative estimate of drug-likeness (QED) is 0.0700. The maximum atomic E-state index is 13.1. The number of esters is 1. The number of halogens is 4. The molecule has 4 aromatic carbocycles. The number of rotatable bonds is 13. The third kappa shape index (κ3) is 9.86. The lowest BCUT2D eigenvalue weighted by Crippen LogP contribution is -2.17. The minimum absolute atomic E-state index is 0.0850. The molecular weight excluding hydrogens is 540 g/mol. The molecule has 0 N–H and O–H groups in total. The average molecular weight is 569 g/mol. The van der Waals surface area contributed by atoms with E-state index in [2.05, 4.69) is 4.74 Å². The van der Waals surface area contributed by atoms with E-state index in [1.807, 2.05) is 24.3 Å². The molecule has 41 heavy (non-hydrogen) atoms. The van der Waals surface area contributed by atoms with Crippen LogP contribution in [0.15, 0.2) is 97.1 Å². The van der Waals surface area contributed by atoms with E-state index in [1.54, 1.807) is 36.4 Å². The van der Waals surface area contributed by atoms with Crippen LogP contribution in [0.5, 0.6) is 23.0 Å². The molecule has 0 heterocycles. The molecule has 0 saturated carbocycles. The smallest absolute Gasteiger partial charge is 0.494 e. The number of benzene rings is 4. The van der Waals surface area contributed by atoms with Crippen LogP contribution in [0.4, 0.5) is 17.6 Å². The largest absolute Gasteiger partial charge is 0.573 e. The predicted molar refractivity (Wildman–Crippen MR) is 146 cm³/mol. The van der Waals surface area contributed by atoms with E-state index in [9.17, 15) is 22.4 Å². The van der Waals surface area contributed by atoms with E-state index in [0.29, 0.717) is 19.0 Å². The van der Waals surface area contributed by atoms with Gasteiger partial charge in [-0.05, 0) is 104 Å². The topological polar surface area (TPSA) is 54.0 Å². The molecule has 4 rings (SSSR count). The zero-order chi connectivity index (χ0) is 29.1. The van der Waals surface area contributed by atoms with Gasteiger partial charge in [0, 0.05) is 0 Å². The summed E-state index contributed by atoms with van der Waals surface area (Å²) in [5, 5.41) is 0. The Labute approximate surface area is 235 Å². The summed E-state index contributed by atoms with van der Waals surface area (Å²) in [5.41, 5.74) is 2.19. The van der Waals surface area contributed by atoms with E-state index in [4.69, 9.17) is 14.2 Å². The fourth-order valence-electron chi connectivity index (χ4n) is 3.91. The Morgan fingerprint density at radius 1 is 0.610 bits per heavy atom. The van der Waals surface area contributed by atoms with Gasteiger partial charge in [0.15, 0.2) is 0 Å². The molecule has 0 aliphatic carbocycles. The molecule has 9 heteroatoms. The van der Waals surface area contributed by atoms with Crippen molar-refractivity contribution >= 4 is 5.97 Å². The Bertz CT molecular complexity index is 1390. The van der Waals surface area contributed by atoms with Crippen molar-refractivity contribution in [3.8, 4) is 34.1 Å². The van der Waals surface area contributed by atoms with Gasteiger partial charge < -0.3 is 18.9 Å². The monoisotopic (exact) mass is 568 g/mol. The lowest BCUT2D eigenvalue weighted by molar-refractivity contribution is -0.274. The van der Waals surface area contributed by atoms with E-state index in [1.165, 1.54) is 24.3 Å². The number of carbonyl (C=O) groups excluding carboxylic acids is 1. The standard InChI is InChI=1S/C32H28F4O5/c33-26-12-8-23(9-13-26)24-10-14-27(15-11-24)38-20-3-1-2-4-21-39-30-7-5-6-25(22-30)31(37)40-28-16-18-29(19-17-28)41-32(34,35)36/h5-19,22H,1-4,20-21H2. The van der Waals surface area contributed by atoms with Gasteiger partial charge in [-0.3, -0.25) is 0 Å². The molecule has 4 aromatic rings. The Kier molecular flexibility index (Phi) is 10.2. The van der Waals surface area contributed by atoms with Gasteiger partial charge in [0.05, 0.1) is 18.8 Å². The highest BCUT2D eigenvalue weighted by Crippen LogP contribution is 2.26. The zero-order valence-corrected chi connectivity index (χ0v) is 22.0. The molecule has 5 nitrogen and oxygen atoms in total. The van der Waals surface area contributed by atoms with Gasteiger partial charge in [0.25, 0.3) is 0 Å². The lowest BCUT2D eigenvalue weighted by atomic mass is 10.1. The van der Waals surface area contributed by atoms with E-state index in [0.717, 1.165) is 54.7 Å². The van der Waals surface area contributed by atoms with Gasteiger partial charge in [0.2, 0.25) is 0 Å². The Morgan fingerprint density at radius 2 is 1.15 bits per heavy atom. The number of carbonyl (C=O) groups is 1. The summed E-state index contributed by atoms with van der Waals surface area (Å²) >= 11 is 0. The molecule has 0 aromatic heterocycles. The molecule has 0 saturated heterocycles. The number of alkyl halides is 3. The van der Waals surface area contributed by atoms with Crippen molar-refractivity contribution in [2.45, 2.75) is 32.0 Å². The summed E-state index contributed by atoms with van der Waals surface area (Å²) < 4.78 is 70.5.